The van der Waals surface area contributed by atoms with Crippen molar-refractivity contribution in [3.63, 3.8) is 0 Å². The van der Waals surface area contributed by atoms with Gasteiger partial charge in [-0.1, -0.05) is 26.0 Å². The average molecular weight is 125 g/mol. The molecule has 2 rings (SSSR count). The van der Waals surface area contributed by atoms with Gasteiger partial charge in [-0.2, -0.15) is 0 Å². The van der Waals surface area contributed by atoms with Crippen LogP contribution in [0, 0.1) is 0 Å². The number of fused-ring (bicyclic) bond motifs is 1. The van der Waals surface area contributed by atoms with Gasteiger partial charge in [-0.05, 0) is 13.5 Å². The van der Waals surface area contributed by atoms with Crippen molar-refractivity contribution in [3.8, 4) is 0 Å². The summed E-state index contributed by atoms with van der Waals surface area (Å²) < 4.78 is 0. The smallest absolute Gasteiger partial charge is 0.0438 e. The monoisotopic (exact) mass is 125 g/mol. The normalized spacial score (nSPS) is 43.2. The van der Waals surface area contributed by atoms with Crippen LogP contribution in [0.4, 0.5) is 0 Å². The molecule has 0 aromatic rings. The third kappa shape index (κ3) is 1.01. The van der Waals surface area contributed by atoms with E-state index in [1.54, 1.807) is 0 Å². The van der Waals surface area contributed by atoms with Crippen LogP contribution in [0.5, 0.6) is 0 Å². The standard InChI is InChI=1S/C6H9N.C2H6/c1-7-5-3-2-4-6(5)7;1-2/h2-3,5-6H,4H2,1H3;1-2H3. The molecule has 1 heterocycles. The summed E-state index contributed by atoms with van der Waals surface area (Å²) in [4.78, 5) is 2.39. The van der Waals surface area contributed by atoms with Crippen molar-refractivity contribution >= 4 is 0 Å². The maximum absolute atomic E-state index is 2.39. The molecule has 0 amide bonds. The molecule has 1 aliphatic carbocycles. The second kappa shape index (κ2) is 2.53. The molecule has 1 fully saturated rings. The summed E-state index contributed by atoms with van der Waals surface area (Å²) in [7, 11) is 2.18. The SMILES string of the molecule is CC.CN1C2C=CCC21. The fraction of sp³-hybridized carbons (Fsp3) is 0.750. The minimum atomic E-state index is 0.833. The Morgan fingerprint density at radius 3 is 2.33 bits per heavy atom. The van der Waals surface area contributed by atoms with E-state index in [0.29, 0.717) is 0 Å². The van der Waals surface area contributed by atoms with Crippen molar-refractivity contribution in [2.45, 2.75) is 32.4 Å². The zero-order chi connectivity index (χ0) is 6.85. The van der Waals surface area contributed by atoms with Gasteiger partial charge in [0.15, 0.2) is 0 Å². The van der Waals surface area contributed by atoms with Gasteiger partial charge in [0.2, 0.25) is 0 Å². The largest absolute Gasteiger partial charge is 0.293 e. The van der Waals surface area contributed by atoms with Crippen molar-refractivity contribution in [1.29, 1.82) is 0 Å². The Bertz CT molecular complexity index is 118. The van der Waals surface area contributed by atoms with Crippen molar-refractivity contribution in [1.82, 2.24) is 4.90 Å². The molecule has 52 valence electrons. The van der Waals surface area contributed by atoms with Crippen LogP contribution in [0.2, 0.25) is 0 Å². The molecule has 0 radical (unpaired) electrons. The summed E-state index contributed by atoms with van der Waals surface area (Å²) in [6.45, 7) is 4.00. The van der Waals surface area contributed by atoms with E-state index >= 15 is 0 Å². The molecule has 1 saturated heterocycles. The lowest BCUT2D eigenvalue weighted by atomic mass is 10.4. The quantitative estimate of drug-likeness (QED) is 0.351. The van der Waals surface area contributed by atoms with Crippen LogP contribution in [0.1, 0.15) is 20.3 Å². The van der Waals surface area contributed by atoms with E-state index in [9.17, 15) is 0 Å². The first-order valence-electron chi connectivity index (χ1n) is 3.78. The van der Waals surface area contributed by atoms with E-state index in [0.717, 1.165) is 12.1 Å². The van der Waals surface area contributed by atoms with Crippen molar-refractivity contribution < 1.29 is 0 Å². The highest BCUT2D eigenvalue weighted by Gasteiger charge is 2.43. The predicted octanol–water partition coefficient (Wildman–Crippen LogP) is 1.66. The molecule has 3 unspecified atom stereocenters. The van der Waals surface area contributed by atoms with Crippen LogP contribution in [0.25, 0.3) is 0 Å². The van der Waals surface area contributed by atoms with Gasteiger partial charge in [0.05, 0.1) is 0 Å². The highest BCUT2D eigenvalue weighted by Crippen LogP contribution is 2.34. The first-order chi connectivity index (χ1) is 4.39. The molecule has 1 heteroatoms. The lowest BCUT2D eigenvalue weighted by molar-refractivity contribution is 0.592. The molecule has 0 saturated carbocycles. The highest BCUT2D eigenvalue weighted by atomic mass is 15.3. The molecular formula is C8H15N. The van der Waals surface area contributed by atoms with Gasteiger partial charge >= 0.3 is 0 Å². The Morgan fingerprint density at radius 2 is 2.11 bits per heavy atom. The minimum absolute atomic E-state index is 0.833. The number of nitrogens with zero attached hydrogens (tertiary/aromatic N) is 1. The Labute approximate surface area is 57.4 Å². The maximum Gasteiger partial charge on any atom is 0.0438 e. The highest BCUT2D eigenvalue weighted by molar-refractivity contribution is 5.20. The van der Waals surface area contributed by atoms with E-state index < -0.39 is 0 Å². The molecule has 3 atom stereocenters. The van der Waals surface area contributed by atoms with Gasteiger partial charge in [-0.15, -0.1) is 0 Å². The predicted molar refractivity (Wildman–Crippen MR) is 40.4 cm³/mol. The summed E-state index contributed by atoms with van der Waals surface area (Å²) >= 11 is 0. The Morgan fingerprint density at radius 1 is 1.44 bits per heavy atom. The Hall–Kier alpha value is -0.300. The number of likely N-dealkylation sites (N-methyl/N-ethyl adjacent to an activating group) is 1. The van der Waals surface area contributed by atoms with Gasteiger partial charge in [-0.25, -0.2) is 0 Å². The molecule has 0 spiro atoms. The fourth-order valence-electron chi connectivity index (χ4n) is 1.36. The Kier molecular flexibility index (Phi) is 1.91. The summed E-state index contributed by atoms with van der Waals surface area (Å²) in [5.41, 5.74) is 0. The summed E-state index contributed by atoms with van der Waals surface area (Å²) in [6, 6.07) is 1.74. The molecule has 2 aliphatic rings. The molecular weight excluding hydrogens is 110 g/mol. The number of hydrogen-bond donors (Lipinski definition) is 0. The third-order valence-corrected chi connectivity index (χ3v) is 2.01. The lowest BCUT2D eigenvalue weighted by Crippen LogP contribution is -1.92. The number of rotatable bonds is 0. The van der Waals surface area contributed by atoms with Crippen LogP contribution in [-0.4, -0.2) is 24.0 Å². The lowest BCUT2D eigenvalue weighted by Gasteiger charge is -1.87. The maximum atomic E-state index is 2.39. The van der Waals surface area contributed by atoms with Gasteiger partial charge in [0.25, 0.3) is 0 Å². The molecule has 0 bridgehead atoms. The molecule has 1 aliphatic heterocycles. The second-order valence-electron chi connectivity index (χ2n) is 2.39. The van der Waals surface area contributed by atoms with Crippen molar-refractivity contribution in [3.05, 3.63) is 12.2 Å². The Balaban J connectivity index is 0.000000186. The van der Waals surface area contributed by atoms with E-state index in [2.05, 4.69) is 24.1 Å². The van der Waals surface area contributed by atoms with Crippen LogP contribution in [0.15, 0.2) is 12.2 Å². The number of hydrogen-bond acceptors (Lipinski definition) is 1. The zero-order valence-electron chi connectivity index (χ0n) is 6.46. The second-order valence-corrected chi connectivity index (χ2v) is 2.39. The van der Waals surface area contributed by atoms with Gasteiger partial charge in [0.1, 0.15) is 0 Å². The van der Waals surface area contributed by atoms with Gasteiger partial charge < -0.3 is 0 Å². The molecule has 0 aromatic carbocycles. The third-order valence-electron chi connectivity index (χ3n) is 2.01. The van der Waals surface area contributed by atoms with Gasteiger partial charge in [0, 0.05) is 12.1 Å². The van der Waals surface area contributed by atoms with E-state index in [-0.39, 0.29) is 0 Å². The van der Waals surface area contributed by atoms with Crippen LogP contribution >= 0.6 is 0 Å². The summed E-state index contributed by atoms with van der Waals surface area (Å²) in [5, 5.41) is 0. The van der Waals surface area contributed by atoms with Gasteiger partial charge in [-0.3, -0.25) is 4.90 Å². The summed E-state index contributed by atoms with van der Waals surface area (Å²) in [6.07, 6.45) is 5.86. The van der Waals surface area contributed by atoms with Crippen molar-refractivity contribution in [2.24, 2.45) is 0 Å². The average Bonchev–Trinajstić information content (AvgIpc) is 2.36. The van der Waals surface area contributed by atoms with Crippen LogP contribution in [0.3, 0.4) is 0 Å². The van der Waals surface area contributed by atoms with Crippen LogP contribution < -0.4 is 0 Å². The van der Waals surface area contributed by atoms with Crippen LogP contribution in [-0.2, 0) is 0 Å². The molecule has 0 aromatic heterocycles. The topological polar surface area (TPSA) is 3.01 Å². The molecule has 0 N–H and O–H groups in total. The minimum Gasteiger partial charge on any atom is -0.293 e. The van der Waals surface area contributed by atoms with Crippen molar-refractivity contribution in [2.75, 3.05) is 7.05 Å². The first kappa shape index (κ1) is 6.81. The van der Waals surface area contributed by atoms with E-state index in [1.807, 2.05) is 13.8 Å². The zero-order valence-corrected chi connectivity index (χ0v) is 6.46. The fourth-order valence-corrected chi connectivity index (χ4v) is 1.36. The molecule has 9 heavy (non-hydrogen) atoms. The summed E-state index contributed by atoms with van der Waals surface area (Å²) in [5.74, 6) is 0. The first-order valence-corrected chi connectivity index (χ1v) is 3.78. The van der Waals surface area contributed by atoms with E-state index in [1.165, 1.54) is 6.42 Å². The van der Waals surface area contributed by atoms with E-state index in [4.69, 9.17) is 0 Å². The molecule has 1 nitrogen and oxygen atoms in total.